The average Bonchev–Trinajstić information content (AvgIpc) is 2.37. The Morgan fingerprint density at radius 1 is 1.18 bits per heavy atom. The molecule has 0 saturated heterocycles. The third-order valence-corrected chi connectivity index (χ3v) is 3.13. The van der Waals surface area contributed by atoms with Gasteiger partial charge in [0.15, 0.2) is 0 Å². The summed E-state index contributed by atoms with van der Waals surface area (Å²) in [4.78, 5) is 0. The van der Waals surface area contributed by atoms with E-state index in [0.717, 1.165) is 0 Å². The summed E-state index contributed by atoms with van der Waals surface area (Å²) in [6.45, 7) is 6.26. The lowest BCUT2D eigenvalue weighted by molar-refractivity contribution is 0.0852. The molecule has 0 aromatic heterocycles. The topological polar surface area (TPSA) is 45.0 Å². The minimum absolute atomic E-state index is 0.177. The summed E-state index contributed by atoms with van der Waals surface area (Å²) < 4.78 is 5.28. The van der Waals surface area contributed by atoms with Gasteiger partial charge >= 0.3 is 0 Å². The van der Waals surface area contributed by atoms with Crippen LogP contribution in [0.1, 0.15) is 37.9 Å². The summed E-state index contributed by atoms with van der Waals surface area (Å²) in [6.07, 6.45) is 0.177. The van der Waals surface area contributed by atoms with Crippen molar-refractivity contribution in [2.24, 2.45) is 0 Å². The van der Waals surface area contributed by atoms with Gasteiger partial charge in [0.2, 0.25) is 0 Å². The van der Waals surface area contributed by atoms with Crippen LogP contribution in [0, 0.1) is 11.3 Å². The highest BCUT2D eigenvalue weighted by molar-refractivity contribution is 5.32. The molecule has 1 aromatic rings. The summed E-state index contributed by atoms with van der Waals surface area (Å²) in [7, 11) is 1.72. The lowest BCUT2D eigenvalue weighted by Gasteiger charge is -2.24. The summed E-state index contributed by atoms with van der Waals surface area (Å²) in [5, 5.41) is 12.2. The zero-order chi connectivity index (χ0) is 12.8. The first-order valence-corrected chi connectivity index (χ1v) is 5.87. The van der Waals surface area contributed by atoms with Gasteiger partial charge in [-0.3, -0.25) is 0 Å². The molecular formula is C14H20N2O. The molecule has 3 heteroatoms. The van der Waals surface area contributed by atoms with E-state index in [1.54, 1.807) is 7.11 Å². The van der Waals surface area contributed by atoms with Gasteiger partial charge in [-0.1, -0.05) is 12.1 Å². The predicted molar refractivity (Wildman–Crippen MR) is 68.6 cm³/mol. The molecule has 3 atom stereocenters. The SMILES string of the molecule is COC(C)C(C)NC(C)c1ccc(C#N)cc1. The van der Waals surface area contributed by atoms with Crippen molar-refractivity contribution in [3.05, 3.63) is 35.4 Å². The zero-order valence-corrected chi connectivity index (χ0v) is 10.9. The van der Waals surface area contributed by atoms with E-state index < -0.39 is 0 Å². The van der Waals surface area contributed by atoms with Gasteiger partial charge in [-0.15, -0.1) is 0 Å². The van der Waals surface area contributed by atoms with Crippen LogP contribution in [-0.2, 0) is 4.74 Å². The molecule has 3 unspecified atom stereocenters. The van der Waals surface area contributed by atoms with Crippen molar-refractivity contribution >= 4 is 0 Å². The summed E-state index contributed by atoms with van der Waals surface area (Å²) in [5.41, 5.74) is 1.87. The summed E-state index contributed by atoms with van der Waals surface area (Å²) in [5.74, 6) is 0. The lowest BCUT2D eigenvalue weighted by Crippen LogP contribution is -2.38. The Morgan fingerprint density at radius 2 is 1.76 bits per heavy atom. The second-order valence-electron chi connectivity index (χ2n) is 4.35. The van der Waals surface area contributed by atoms with Crippen molar-refractivity contribution in [3.63, 3.8) is 0 Å². The number of rotatable bonds is 5. The second kappa shape index (κ2) is 6.39. The molecule has 92 valence electrons. The van der Waals surface area contributed by atoms with Gasteiger partial charge in [0.25, 0.3) is 0 Å². The van der Waals surface area contributed by atoms with Gasteiger partial charge in [0, 0.05) is 19.2 Å². The van der Waals surface area contributed by atoms with Crippen LogP contribution >= 0.6 is 0 Å². The Balaban J connectivity index is 2.63. The molecule has 0 aliphatic heterocycles. The predicted octanol–water partition coefficient (Wildman–Crippen LogP) is 2.63. The van der Waals surface area contributed by atoms with Crippen molar-refractivity contribution in [1.29, 1.82) is 5.26 Å². The molecule has 0 spiro atoms. The number of nitrogens with one attached hydrogen (secondary N) is 1. The number of benzene rings is 1. The second-order valence-corrected chi connectivity index (χ2v) is 4.35. The molecule has 0 aliphatic carbocycles. The molecule has 0 fully saturated rings. The van der Waals surface area contributed by atoms with Gasteiger partial charge < -0.3 is 10.1 Å². The Labute approximate surface area is 103 Å². The minimum Gasteiger partial charge on any atom is -0.380 e. The third-order valence-electron chi connectivity index (χ3n) is 3.13. The van der Waals surface area contributed by atoms with Gasteiger partial charge in [0.1, 0.15) is 0 Å². The van der Waals surface area contributed by atoms with E-state index in [2.05, 4.69) is 25.2 Å². The van der Waals surface area contributed by atoms with Crippen LogP contribution in [-0.4, -0.2) is 19.3 Å². The van der Waals surface area contributed by atoms with Crippen LogP contribution in [0.25, 0.3) is 0 Å². The smallest absolute Gasteiger partial charge is 0.0991 e. The highest BCUT2D eigenvalue weighted by Gasteiger charge is 2.14. The van der Waals surface area contributed by atoms with Crippen LogP contribution in [0.5, 0.6) is 0 Å². The van der Waals surface area contributed by atoms with Gasteiger partial charge in [-0.2, -0.15) is 5.26 Å². The normalized spacial score (nSPS) is 15.9. The largest absolute Gasteiger partial charge is 0.380 e. The molecule has 1 aromatic carbocycles. The molecule has 1 rings (SSSR count). The number of nitriles is 1. The number of hydrogen-bond acceptors (Lipinski definition) is 3. The molecule has 0 aliphatic rings. The monoisotopic (exact) mass is 232 g/mol. The van der Waals surface area contributed by atoms with E-state index in [1.165, 1.54) is 5.56 Å². The molecule has 0 amide bonds. The van der Waals surface area contributed by atoms with Crippen LogP contribution in [0.2, 0.25) is 0 Å². The van der Waals surface area contributed by atoms with E-state index in [-0.39, 0.29) is 18.2 Å². The minimum atomic E-state index is 0.177. The molecular weight excluding hydrogens is 212 g/mol. The zero-order valence-electron chi connectivity index (χ0n) is 10.9. The number of nitrogens with zero attached hydrogens (tertiary/aromatic N) is 1. The molecule has 17 heavy (non-hydrogen) atoms. The third kappa shape index (κ3) is 3.85. The first-order valence-electron chi connectivity index (χ1n) is 5.87. The van der Waals surface area contributed by atoms with Gasteiger partial charge in [0.05, 0.1) is 17.7 Å². The quantitative estimate of drug-likeness (QED) is 0.848. The van der Waals surface area contributed by atoms with Crippen molar-refractivity contribution in [1.82, 2.24) is 5.32 Å². The molecule has 0 saturated carbocycles. The van der Waals surface area contributed by atoms with Crippen LogP contribution < -0.4 is 5.32 Å². The molecule has 0 radical (unpaired) electrons. The van der Waals surface area contributed by atoms with E-state index in [9.17, 15) is 0 Å². The fourth-order valence-corrected chi connectivity index (χ4v) is 1.68. The van der Waals surface area contributed by atoms with Crippen LogP contribution in [0.3, 0.4) is 0 Å². The maximum atomic E-state index is 8.74. The first-order chi connectivity index (χ1) is 8.08. The standard InChI is InChI=1S/C14H20N2O/c1-10(12(3)17-4)16-11(2)14-7-5-13(9-15)6-8-14/h5-8,10-12,16H,1-4H3. The van der Waals surface area contributed by atoms with Gasteiger partial charge in [-0.25, -0.2) is 0 Å². The van der Waals surface area contributed by atoms with Crippen molar-refractivity contribution in [3.8, 4) is 6.07 Å². The summed E-state index contributed by atoms with van der Waals surface area (Å²) >= 11 is 0. The van der Waals surface area contributed by atoms with E-state index in [0.29, 0.717) is 5.56 Å². The maximum absolute atomic E-state index is 8.74. The Kier molecular flexibility index (Phi) is 5.14. The summed E-state index contributed by atoms with van der Waals surface area (Å²) in [6, 6.07) is 10.3. The fraction of sp³-hybridized carbons (Fsp3) is 0.500. The number of hydrogen-bond donors (Lipinski definition) is 1. The van der Waals surface area contributed by atoms with Crippen LogP contribution in [0.15, 0.2) is 24.3 Å². The molecule has 3 nitrogen and oxygen atoms in total. The number of ether oxygens (including phenoxy) is 1. The van der Waals surface area contributed by atoms with Gasteiger partial charge in [-0.05, 0) is 38.5 Å². The number of methoxy groups -OCH3 is 1. The average molecular weight is 232 g/mol. The Bertz CT molecular complexity index is 380. The fourth-order valence-electron chi connectivity index (χ4n) is 1.68. The lowest BCUT2D eigenvalue weighted by atomic mass is 10.0. The highest BCUT2D eigenvalue weighted by Crippen LogP contribution is 2.14. The van der Waals surface area contributed by atoms with E-state index in [4.69, 9.17) is 10.00 Å². The molecule has 1 N–H and O–H groups in total. The highest BCUT2D eigenvalue weighted by atomic mass is 16.5. The van der Waals surface area contributed by atoms with Crippen LogP contribution in [0.4, 0.5) is 0 Å². The Morgan fingerprint density at radius 3 is 2.24 bits per heavy atom. The van der Waals surface area contributed by atoms with Crippen molar-refractivity contribution < 1.29 is 4.74 Å². The van der Waals surface area contributed by atoms with Crippen molar-refractivity contribution in [2.75, 3.05) is 7.11 Å². The first kappa shape index (κ1) is 13.7. The van der Waals surface area contributed by atoms with E-state index in [1.807, 2.05) is 31.2 Å². The molecule has 0 bridgehead atoms. The molecule has 0 heterocycles. The van der Waals surface area contributed by atoms with E-state index >= 15 is 0 Å². The maximum Gasteiger partial charge on any atom is 0.0991 e. The Hall–Kier alpha value is -1.37. The van der Waals surface area contributed by atoms with Crippen molar-refractivity contribution in [2.45, 2.75) is 39.0 Å².